The first kappa shape index (κ1) is 15.9. The van der Waals surface area contributed by atoms with E-state index in [1.165, 1.54) is 42.6 Å². The van der Waals surface area contributed by atoms with Gasteiger partial charge in [-0.05, 0) is 18.6 Å². The summed E-state index contributed by atoms with van der Waals surface area (Å²) in [5, 5.41) is 14.1. The molecule has 0 saturated heterocycles. The predicted octanol–water partition coefficient (Wildman–Crippen LogP) is 2.30. The Hall–Kier alpha value is -3.01. The molecule has 0 saturated carbocycles. The van der Waals surface area contributed by atoms with E-state index in [0.717, 1.165) is 0 Å². The maximum atomic E-state index is 12.1. The number of benzene rings is 1. The summed E-state index contributed by atoms with van der Waals surface area (Å²) in [5.74, 6) is -0.0927. The number of fused-ring (bicyclic) bond motifs is 1. The zero-order chi connectivity index (χ0) is 17.1. The highest BCUT2D eigenvalue weighted by atomic mass is 32.2. The number of aromatic amines is 1. The molecule has 0 aliphatic heterocycles. The topological polar surface area (TPSA) is 127 Å². The molecule has 10 heteroatoms. The molecule has 0 spiro atoms. The summed E-state index contributed by atoms with van der Waals surface area (Å²) < 4.78 is 0. The van der Waals surface area contributed by atoms with Gasteiger partial charge in [-0.25, -0.2) is 15.0 Å². The van der Waals surface area contributed by atoms with Crippen LogP contribution in [0.25, 0.3) is 11.2 Å². The van der Waals surface area contributed by atoms with Gasteiger partial charge in [-0.3, -0.25) is 14.9 Å². The number of rotatable bonds is 5. The third kappa shape index (κ3) is 3.33. The number of thioether (sulfide) groups is 1. The Morgan fingerprint density at radius 3 is 2.96 bits per heavy atom. The maximum absolute atomic E-state index is 12.1. The van der Waals surface area contributed by atoms with Crippen LogP contribution in [0.5, 0.6) is 0 Å². The van der Waals surface area contributed by atoms with Gasteiger partial charge in [-0.15, -0.1) is 0 Å². The zero-order valence-corrected chi connectivity index (χ0v) is 13.3. The van der Waals surface area contributed by atoms with Crippen molar-refractivity contribution in [3.05, 3.63) is 46.5 Å². The van der Waals surface area contributed by atoms with Crippen molar-refractivity contribution in [3.8, 4) is 0 Å². The van der Waals surface area contributed by atoms with E-state index in [0.29, 0.717) is 27.4 Å². The van der Waals surface area contributed by atoms with Gasteiger partial charge in [-0.1, -0.05) is 11.8 Å². The first-order valence-corrected chi connectivity index (χ1v) is 7.85. The minimum Gasteiger partial charge on any atom is -0.341 e. The molecule has 2 heterocycles. The lowest BCUT2D eigenvalue weighted by atomic mass is 10.2. The number of H-pyrrole nitrogens is 1. The summed E-state index contributed by atoms with van der Waals surface area (Å²) in [6.07, 6.45) is 2.91. The molecule has 0 aliphatic carbocycles. The number of amides is 1. The summed E-state index contributed by atoms with van der Waals surface area (Å²) in [6, 6.07) is 4.30. The van der Waals surface area contributed by atoms with Crippen LogP contribution in [-0.4, -0.2) is 36.5 Å². The largest absolute Gasteiger partial charge is 0.341 e. The summed E-state index contributed by atoms with van der Waals surface area (Å²) in [6.45, 7) is 1.70. The highest BCUT2D eigenvalue weighted by molar-refractivity contribution is 8.00. The fraction of sp³-hybridized carbons (Fsp3) is 0.143. The average molecular weight is 344 g/mol. The predicted molar refractivity (Wildman–Crippen MR) is 88.9 cm³/mol. The van der Waals surface area contributed by atoms with Crippen molar-refractivity contribution >= 4 is 40.2 Å². The molecule has 2 aromatic heterocycles. The highest BCUT2D eigenvalue weighted by Crippen LogP contribution is 2.24. The number of imidazole rings is 1. The van der Waals surface area contributed by atoms with E-state index >= 15 is 0 Å². The molecule has 3 rings (SSSR count). The number of nitro groups is 1. The molecule has 2 N–H and O–H groups in total. The van der Waals surface area contributed by atoms with Crippen LogP contribution in [0.15, 0.2) is 35.9 Å². The average Bonchev–Trinajstić information content (AvgIpc) is 3.03. The molecule has 1 amide bonds. The molecule has 0 atom stereocenters. The van der Waals surface area contributed by atoms with Crippen LogP contribution in [0.2, 0.25) is 0 Å². The molecular formula is C14H12N6O3S. The number of anilines is 1. The number of nitro benzene ring substituents is 1. The van der Waals surface area contributed by atoms with Crippen LogP contribution in [0.3, 0.4) is 0 Å². The van der Waals surface area contributed by atoms with Gasteiger partial charge >= 0.3 is 0 Å². The fourth-order valence-corrected chi connectivity index (χ4v) is 2.83. The Kier molecular flexibility index (Phi) is 4.38. The monoisotopic (exact) mass is 344 g/mol. The van der Waals surface area contributed by atoms with Gasteiger partial charge in [0.1, 0.15) is 16.9 Å². The first-order valence-electron chi connectivity index (χ1n) is 6.86. The van der Waals surface area contributed by atoms with Crippen LogP contribution in [0.1, 0.15) is 5.56 Å². The van der Waals surface area contributed by atoms with Crippen molar-refractivity contribution in [1.82, 2.24) is 19.9 Å². The van der Waals surface area contributed by atoms with Crippen molar-refractivity contribution < 1.29 is 9.72 Å². The third-order valence-corrected chi connectivity index (χ3v) is 4.21. The van der Waals surface area contributed by atoms with E-state index in [2.05, 4.69) is 25.3 Å². The SMILES string of the molecule is Cc1cc([N+](=O)[O-])ccc1NC(=O)CSc1ncnc2nc[nH]c12. The molecule has 0 radical (unpaired) electrons. The van der Waals surface area contributed by atoms with E-state index in [1.807, 2.05) is 0 Å². The molecule has 0 aliphatic rings. The van der Waals surface area contributed by atoms with Gasteiger partial charge in [0, 0.05) is 17.8 Å². The molecule has 0 unspecified atom stereocenters. The molecule has 9 nitrogen and oxygen atoms in total. The summed E-state index contributed by atoms with van der Waals surface area (Å²) >= 11 is 1.25. The lowest BCUT2D eigenvalue weighted by Gasteiger charge is -2.08. The number of aryl methyl sites for hydroxylation is 1. The highest BCUT2D eigenvalue weighted by Gasteiger charge is 2.12. The fourth-order valence-electron chi connectivity index (χ4n) is 2.07. The van der Waals surface area contributed by atoms with Crippen molar-refractivity contribution in [2.45, 2.75) is 11.9 Å². The van der Waals surface area contributed by atoms with E-state index in [9.17, 15) is 14.9 Å². The van der Waals surface area contributed by atoms with Crippen LogP contribution in [-0.2, 0) is 4.79 Å². The zero-order valence-electron chi connectivity index (χ0n) is 12.5. The van der Waals surface area contributed by atoms with Crippen molar-refractivity contribution in [3.63, 3.8) is 0 Å². The molecule has 0 bridgehead atoms. The van der Waals surface area contributed by atoms with Gasteiger partial charge < -0.3 is 10.3 Å². The van der Waals surface area contributed by atoms with Crippen molar-refractivity contribution in [1.29, 1.82) is 0 Å². The van der Waals surface area contributed by atoms with E-state index < -0.39 is 4.92 Å². The quantitative estimate of drug-likeness (QED) is 0.315. The van der Waals surface area contributed by atoms with Gasteiger partial charge in [0.2, 0.25) is 5.91 Å². The number of nitrogens with one attached hydrogen (secondary N) is 2. The summed E-state index contributed by atoms with van der Waals surface area (Å²) in [5.41, 5.74) is 2.38. The molecule has 122 valence electrons. The smallest absolute Gasteiger partial charge is 0.269 e. The van der Waals surface area contributed by atoms with Crippen molar-refractivity contribution in [2.75, 3.05) is 11.1 Å². The number of hydrogen-bond donors (Lipinski definition) is 2. The second kappa shape index (κ2) is 6.62. The summed E-state index contributed by atoms with van der Waals surface area (Å²) in [4.78, 5) is 37.5. The normalized spacial score (nSPS) is 10.7. The Bertz CT molecular complexity index is 926. The number of carbonyl (C=O) groups is 1. The lowest BCUT2D eigenvalue weighted by Crippen LogP contribution is -2.15. The van der Waals surface area contributed by atoms with E-state index in [4.69, 9.17) is 0 Å². The Labute approximate surface area is 140 Å². The number of aromatic nitrogens is 4. The lowest BCUT2D eigenvalue weighted by molar-refractivity contribution is -0.384. The molecule has 3 aromatic rings. The standard InChI is InChI=1S/C14H12N6O3S/c1-8-4-9(20(22)23)2-3-10(8)19-11(21)5-24-14-12-13(16-6-15-12)17-7-18-14/h2-4,6-7H,5H2,1H3,(H,19,21)(H,15,16,17,18). The minimum atomic E-state index is -0.473. The Morgan fingerprint density at radius 2 is 2.21 bits per heavy atom. The number of non-ortho nitro benzene ring substituents is 1. The van der Waals surface area contributed by atoms with Gasteiger partial charge in [0.05, 0.1) is 17.0 Å². The second-order valence-electron chi connectivity index (χ2n) is 4.87. The molecular weight excluding hydrogens is 332 g/mol. The van der Waals surface area contributed by atoms with Crippen molar-refractivity contribution in [2.24, 2.45) is 0 Å². The van der Waals surface area contributed by atoms with Gasteiger partial charge in [0.15, 0.2) is 5.65 Å². The molecule has 1 aromatic carbocycles. The van der Waals surface area contributed by atoms with E-state index in [-0.39, 0.29) is 17.3 Å². The second-order valence-corrected chi connectivity index (χ2v) is 5.84. The van der Waals surface area contributed by atoms with Crippen LogP contribution in [0.4, 0.5) is 11.4 Å². The minimum absolute atomic E-state index is 0.0116. The van der Waals surface area contributed by atoms with E-state index in [1.54, 1.807) is 6.92 Å². The molecule has 0 fully saturated rings. The number of carbonyl (C=O) groups excluding carboxylic acids is 1. The van der Waals surface area contributed by atoms with Gasteiger partial charge in [0.25, 0.3) is 5.69 Å². The van der Waals surface area contributed by atoms with Gasteiger partial charge in [-0.2, -0.15) is 0 Å². The Balaban J connectivity index is 1.66. The number of nitrogens with zero attached hydrogens (tertiary/aromatic N) is 4. The van der Waals surface area contributed by atoms with Crippen LogP contribution < -0.4 is 5.32 Å². The van der Waals surface area contributed by atoms with Crippen LogP contribution in [0, 0.1) is 17.0 Å². The van der Waals surface area contributed by atoms with Crippen LogP contribution >= 0.6 is 11.8 Å². The molecule has 24 heavy (non-hydrogen) atoms. The maximum Gasteiger partial charge on any atom is 0.269 e. The Morgan fingerprint density at radius 1 is 1.38 bits per heavy atom. The summed E-state index contributed by atoms with van der Waals surface area (Å²) in [7, 11) is 0. The third-order valence-electron chi connectivity index (χ3n) is 3.22. The number of hydrogen-bond acceptors (Lipinski definition) is 7. The first-order chi connectivity index (χ1) is 11.5.